The highest BCUT2D eigenvalue weighted by Crippen LogP contribution is 2.41. The number of hydrogen-bond acceptors (Lipinski definition) is 5. The fraction of sp³-hybridized carbons (Fsp3) is 0.235. The van der Waals surface area contributed by atoms with E-state index in [-0.39, 0.29) is 0 Å². The molecular formula is C17H13F3N4O2. The predicted molar refractivity (Wildman–Crippen MR) is 84.7 cm³/mol. The Morgan fingerprint density at radius 3 is 2.73 bits per heavy atom. The maximum absolute atomic E-state index is 12.9. The van der Waals surface area contributed by atoms with Gasteiger partial charge in [-0.3, -0.25) is 0 Å². The Morgan fingerprint density at radius 2 is 2.04 bits per heavy atom. The van der Waals surface area contributed by atoms with Gasteiger partial charge in [0, 0.05) is 12.0 Å². The molecular weight excluding hydrogens is 349 g/mol. The Bertz CT molecular complexity index is 942. The van der Waals surface area contributed by atoms with Crippen LogP contribution in [-0.2, 0) is 12.6 Å². The lowest BCUT2D eigenvalue weighted by Gasteiger charge is -2.13. The molecule has 1 aromatic heterocycles. The minimum atomic E-state index is -4.38. The Kier molecular flexibility index (Phi) is 3.78. The highest BCUT2D eigenvalue weighted by Gasteiger charge is 2.33. The van der Waals surface area contributed by atoms with Gasteiger partial charge >= 0.3 is 6.18 Å². The normalized spacial score (nSPS) is 16.2. The van der Waals surface area contributed by atoms with Gasteiger partial charge in [0.1, 0.15) is 17.6 Å². The van der Waals surface area contributed by atoms with Crippen molar-refractivity contribution in [2.45, 2.75) is 18.7 Å². The summed E-state index contributed by atoms with van der Waals surface area (Å²) in [5, 5.41) is 13.6. The Balaban J connectivity index is 1.67. The van der Waals surface area contributed by atoms with E-state index in [9.17, 15) is 13.2 Å². The molecule has 134 valence electrons. The van der Waals surface area contributed by atoms with E-state index in [1.165, 1.54) is 13.2 Å². The summed E-state index contributed by atoms with van der Waals surface area (Å²) >= 11 is 0. The summed E-state index contributed by atoms with van der Waals surface area (Å²) in [6, 6.07) is 8.89. The molecule has 26 heavy (non-hydrogen) atoms. The van der Waals surface area contributed by atoms with Crippen molar-refractivity contribution in [2.24, 2.45) is 0 Å². The molecule has 1 unspecified atom stereocenters. The topological polar surface area (TPSA) is 72.9 Å². The van der Waals surface area contributed by atoms with Crippen molar-refractivity contribution < 1.29 is 22.6 Å². The number of nitrogens with zero attached hydrogens (tertiary/aromatic N) is 3. The average molecular weight is 362 g/mol. The van der Waals surface area contributed by atoms with Gasteiger partial charge in [-0.2, -0.15) is 13.2 Å². The van der Waals surface area contributed by atoms with Crippen LogP contribution in [0, 0.1) is 0 Å². The van der Waals surface area contributed by atoms with Crippen molar-refractivity contribution in [3.05, 3.63) is 53.1 Å². The fourth-order valence-corrected chi connectivity index (χ4v) is 2.95. The van der Waals surface area contributed by atoms with Crippen molar-refractivity contribution in [1.82, 2.24) is 20.6 Å². The number of H-pyrrole nitrogens is 1. The molecule has 2 aromatic carbocycles. The molecule has 1 aliphatic rings. The van der Waals surface area contributed by atoms with Crippen LogP contribution in [0.15, 0.2) is 36.4 Å². The van der Waals surface area contributed by atoms with Gasteiger partial charge in [0.15, 0.2) is 5.82 Å². The van der Waals surface area contributed by atoms with Gasteiger partial charge < -0.3 is 9.47 Å². The number of aromatic nitrogens is 4. The molecule has 0 spiro atoms. The third-order valence-corrected chi connectivity index (χ3v) is 4.22. The number of nitrogens with one attached hydrogen (secondary N) is 1. The van der Waals surface area contributed by atoms with Crippen LogP contribution in [-0.4, -0.2) is 27.7 Å². The number of alkyl halides is 3. The fourth-order valence-electron chi connectivity index (χ4n) is 2.95. The molecule has 9 heteroatoms. The van der Waals surface area contributed by atoms with Gasteiger partial charge in [-0.15, -0.1) is 5.10 Å². The zero-order chi connectivity index (χ0) is 18.3. The number of ether oxygens (including phenoxy) is 2. The van der Waals surface area contributed by atoms with Crippen molar-refractivity contribution in [3.63, 3.8) is 0 Å². The first-order chi connectivity index (χ1) is 12.4. The largest absolute Gasteiger partial charge is 0.497 e. The number of rotatable bonds is 3. The van der Waals surface area contributed by atoms with Crippen LogP contribution < -0.4 is 9.47 Å². The van der Waals surface area contributed by atoms with E-state index in [0.717, 1.165) is 17.7 Å². The molecule has 3 aromatic rings. The highest BCUT2D eigenvalue weighted by molar-refractivity contribution is 5.59. The number of tetrazole rings is 1. The van der Waals surface area contributed by atoms with E-state index in [1.54, 1.807) is 12.1 Å². The molecule has 1 N–H and O–H groups in total. The zero-order valence-electron chi connectivity index (χ0n) is 13.5. The van der Waals surface area contributed by atoms with E-state index in [1.807, 2.05) is 6.07 Å². The molecule has 0 bridgehead atoms. The molecule has 6 nitrogen and oxygen atoms in total. The van der Waals surface area contributed by atoms with Crippen molar-refractivity contribution in [3.8, 4) is 22.9 Å². The summed E-state index contributed by atoms with van der Waals surface area (Å²) < 4.78 is 49.9. The number of hydrogen-bond donors (Lipinski definition) is 1. The summed E-state index contributed by atoms with van der Waals surface area (Å²) in [6.45, 7) is 0. The molecule has 0 aliphatic carbocycles. The lowest BCUT2D eigenvalue weighted by Crippen LogP contribution is -2.05. The maximum Gasteiger partial charge on any atom is 0.416 e. The first-order valence-electron chi connectivity index (χ1n) is 7.74. The summed E-state index contributed by atoms with van der Waals surface area (Å²) in [4.78, 5) is 0. The molecule has 0 radical (unpaired) electrons. The summed E-state index contributed by atoms with van der Waals surface area (Å²) in [5.41, 5.74) is 1.30. The van der Waals surface area contributed by atoms with Crippen LogP contribution in [0.5, 0.6) is 11.5 Å². The number of fused-ring (bicyclic) bond motifs is 1. The third-order valence-electron chi connectivity index (χ3n) is 4.22. The standard InChI is InChI=1S/C17H13F3N4O2/c1-25-13-6-9(4-11(7-13)16-21-23-24-22-16)15-8-10-5-12(17(18,19)20)2-3-14(10)26-15/h2-7,15H,8H2,1H3,(H,21,22,23,24). The summed E-state index contributed by atoms with van der Waals surface area (Å²) in [6.07, 6.45) is -4.46. The van der Waals surface area contributed by atoms with E-state index < -0.39 is 17.8 Å². The number of aromatic amines is 1. The summed E-state index contributed by atoms with van der Waals surface area (Å²) in [5.74, 6) is 1.48. The van der Waals surface area contributed by atoms with Gasteiger partial charge in [-0.1, -0.05) is 0 Å². The molecule has 1 atom stereocenters. The molecule has 2 heterocycles. The molecule has 0 saturated carbocycles. The second-order valence-corrected chi connectivity index (χ2v) is 5.88. The Labute approximate surface area is 145 Å². The maximum atomic E-state index is 12.9. The number of methoxy groups -OCH3 is 1. The van der Waals surface area contributed by atoms with Gasteiger partial charge in [-0.05, 0) is 58.0 Å². The Morgan fingerprint density at radius 1 is 1.19 bits per heavy atom. The van der Waals surface area contributed by atoms with Gasteiger partial charge in [-0.25, -0.2) is 5.10 Å². The average Bonchev–Trinajstić information content (AvgIpc) is 3.29. The zero-order valence-corrected chi connectivity index (χ0v) is 13.5. The molecule has 1 aliphatic heterocycles. The van der Waals surface area contributed by atoms with Gasteiger partial charge in [0.2, 0.25) is 0 Å². The molecule has 4 rings (SSSR count). The summed E-state index contributed by atoms with van der Waals surface area (Å²) in [7, 11) is 1.53. The Hall–Kier alpha value is -3.10. The molecule has 0 saturated heterocycles. The second-order valence-electron chi connectivity index (χ2n) is 5.88. The minimum absolute atomic E-state index is 0.334. The third kappa shape index (κ3) is 2.96. The van der Waals surface area contributed by atoms with Crippen LogP contribution in [0.25, 0.3) is 11.4 Å². The van der Waals surface area contributed by atoms with Crippen LogP contribution in [0.2, 0.25) is 0 Å². The first-order valence-corrected chi connectivity index (χ1v) is 7.74. The van der Waals surface area contributed by atoms with Crippen LogP contribution >= 0.6 is 0 Å². The van der Waals surface area contributed by atoms with E-state index >= 15 is 0 Å². The molecule has 0 fully saturated rings. The SMILES string of the molecule is COc1cc(-c2nnn[nH]2)cc(C2Cc3cc(C(F)(F)F)ccc3O2)c1. The number of benzene rings is 2. The highest BCUT2D eigenvalue weighted by atomic mass is 19.4. The van der Waals surface area contributed by atoms with Crippen molar-refractivity contribution in [2.75, 3.05) is 7.11 Å². The van der Waals surface area contributed by atoms with E-state index in [4.69, 9.17) is 9.47 Å². The van der Waals surface area contributed by atoms with Crippen LogP contribution in [0.4, 0.5) is 13.2 Å². The quantitative estimate of drug-likeness (QED) is 0.771. The first kappa shape index (κ1) is 16.4. The van der Waals surface area contributed by atoms with Gasteiger partial charge in [0.25, 0.3) is 0 Å². The van der Waals surface area contributed by atoms with E-state index in [2.05, 4.69) is 20.6 Å². The lowest BCUT2D eigenvalue weighted by atomic mass is 10.00. The monoisotopic (exact) mass is 362 g/mol. The van der Waals surface area contributed by atoms with Crippen molar-refractivity contribution in [1.29, 1.82) is 0 Å². The number of halogens is 3. The smallest absolute Gasteiger partial charge is 0.416 e. The van der Waals surface area contributed by atoms with Gasteiger partial charge in [0.05, 0.1) is 12.7 Å². The second kappa shape index (κ2) is 6.01. The van der Waals surface area contributed by atoms with Crippen LogP contribution in [0.1, 0.15) is 22.8 Å². The lowest BCUT2D eigenvalue weighted by molar-refractivity contribution is -0.137. The predicted octanol–water partition coefficient (Wildman–Crippen LogP) is 3.57. The van der Waals surface area contributed by atoms with E-state index in [0.29, 0.717) is 34.9 Å². The van der Waals surface area contributed by atoms with Crippen molar-refractivity contribution >= 4 is 0 Å². The van der Waals surface area contributed by atoms with Crippen LogP contribution in [0.3, 0.4) is 0 Å². The molecule has 0 amide bonds. The minimum Gasteiger partial charge on any atom is -0.497 e.